The molecule has 206 valence electrons. The molecule has 0 bridgehead atoms. The van der Waals surface area contributed by atoms with Crippen molar-refractivity contribution in [1.29, 1.82) is 0 Å². The van der Waals surface area contributed by atoms with Gasteiger partial charge in [0.25, 0.3) is 9.84 Å². The Morgan fingerprint density at radius 2 is 1.36 bits per heavy atom. The average Bonchev–Trinajstić information content (AvgIpc) is 2.80. The summed E-state index contributed by atoms with van der Waals surface area (Å²) in [5.41, 5.74) is 1.00. The molecule has 0 saturated heterocycles. The monoisotopic (exact) mass is 535 g/mol. The normalized spacial score (nSPS) is 14.4. The molecule has 0 aliphatic carbocycles. The molecule has 0 aliphatic rings. The number of aryl methyl sites for hydroxylation is 1. The van der Waals surface area contributed by atoms with Crippen molar-refractivity contribution in [3.63, 3.8) is 0 Å². The van der Waals surface area contributed by atoms with Crippen LogP contribution in [-0.4, -0.2) is 28.2 Å². The van der Waals surface area contributed by atoms with E-state index in [-0.39, 0.29) is 22.5 Å². The van der Waals surface area contributed by atoms with Crippen LogP contribution in [0.1, 0.15) is 117 Å². The van der Waals surface area contributed by atoms with Crippen molar-refractivity contribution in [2.24, 2.45) is 0 Å². The van der Waals surface area contributed by atoms with E-state index in [1.165, 1.54) is 57.8 Å². The van der Waals surface area contributed by atoms with E-state index in [1.54, 1.807) is 24.3 Å². The molecule has 2 atom stereocenters. The second-order valence-electron chi connectivity index (χ2n) is 12.0. The predicted octanol–water partition coefficient (Wildman–Crippen LogP) is 9.50. The topological polar surface area (TPSA) is 47.7 Å². The first-order valence-corrected chi connectivity index (χ1v) is 18.7. The molecule has 0 spiro atoms. The molecule has 4 nitrogen and oxygen atoms in total. The third kappa shape index (κ3) is 11.5. The van der Waals surface area contributed by atoms with Crippen LogP contribution in [0.5, 0.6) is 0 Å². The minimum absolute atomic E-state index is 0.0335. The van der Waals surface area contributed by atoms with Crippen LogP contribution in [0.2, 0.25) is 18.1 Å². The Kier molecular flexibility index (Phi) is 14.6. The van der Waals surface area contributed by atoms with Gasteiger partial charge in [0.2, 0.25) is 0 Å². The van der Waals surface area contributed by atoms with Gasteiger partial charge in [0.1, 0.15) is 0 Å². The van der Waals surface area contributed by atoms with E-state index in [0.717, 1.165) is 24.8 Å². The van der Waals surface area contributed by atoms with Crippen LogP contribution in [0.3, 0.4) is 0 Å². The Labute approximate surface area is 224 Å². The van der Waals surface area contributed by atoms with Gasteiger partial charge in [0, 0.05) is 0 Å². The van der Waals surface area contributed by atoms with Gasteiger partial charge in [-0.1, -0.05) is 116 Å². The first-order chi connectivity index (χ1) is 16.8. The molecule has 0 saturated carbocycles. The minimum Gasteiger partial charge on any atom is -0.414 e. The zero-order chi connectivity index (χ0) is 27.2. The van der Waals surface area contributed by atoms with Crippen molar-refractivity contribution >= 4 is 18.2 Å². The maximum Gasteiger partial charge on any atom is 0.327 e. The SMILES string of the molecule is [C-]#[N+]C(C[C@H](CCCCCCCCCCCCC)O[Si](C)(C)C(C)(C)C)S(=O)(=O)c1ccc(C)cc1. The first kappa shape index (κ1) is 32.9. The number of benzene rings is 1. The number of hydrogen-bond donors (Lipinski definition) is 0. The fourth-order valence-electron chi connectivity index (χ4n) is 4.21. The van der Waals surface area contributed by atoms with Gasteiger partial charge in [-0.15, -0.1) is 0 Å². The van der Waals surface area contributed by atoms with Gasteiger partial charge in [-0.3, -0.25) is 4.85 Å². The summed E-state index contributed by atoms with van der Waals surface area (Å²) in [7, 11) is -5.82. The van der Waals surface area contributed by atoms with E-state index in [1.807, 2.05) is 6.92 Å². The minimum atomic E-state index is -3.73. The highest BCUT2D eigenvalue weighted by molar-refractivity contribution is 7.92. The quantitative estimate of drug-likeness (QED) is 0.107. The first-order valence-electron chi connectivity index (χ1n) is 14.2. The molecule has 0 amide bonds. The maximum atomic E-state index is 13.3. The van der Waals surface area contributed by atoms with Crippen LogP contribution in [0.4, 0.5) is 0 Å². The molecule has 1 unspecified atom stereocenters. The molecular formula is C30H53NO3SSi. The lowest BCUT2D eigenvalue weighted by molar-refractivity contribution is 0.159. The fraction of sp³-hybridized carbons (Fsp3) is 0.767. The molecule has 0 aliphatic heterocycles. The van der Waals surface area contributed by atoms with Gasteiger partial charge < -0.3 is 4.43 Å². The summed E-state index contributed by atoms with van der Waals surface area (Å²) < 4.78 is 33.3. The van der Waals surface area contributed by atoms with E-state index < -0.39 is 23.5 Å². The van der Waals surface area contributed by atoms with Gasteiger partial charge in [-0.25, -0.2) is 15.0 Å². The van der Waals surface area contributed by atoms with E-state index >= 15 is 0 Å². The van der Waals surface area contributed by atoms with E-state index in [2.05, 4.69) is 45.6 Å². The summed E-state index contributed by atoms with van der Waals surface area (Å²) in [5.74, 6) is 0. The third-order valence-corrected chi connectivity index (χ3v) is 14.2. The van der Waals surface area contributed by atoms with E-state index in [4.69, 9.17) is 11.0 Å². The van der Waals surface area contributed by atoms with Crippen molar-refractivity contribution in [1.82, 2.24) is 0 Å². The highest BCUT2D eigenvalue weighted by atomic mass is 32.2. The largest absolute Gasteiger partial charge is 0.414 e. The Hall–Kier alpha value is -1.16. The summed E-state index contributed by atoms with van der Waals surface area (Å²) in [4.78, 5) is 3.82. The molecule has 1 aromatic carbocycles. The van der Waals surface area contributed by atoms with Crippen LogP contribution in [0, 0.1) is 13.5 Å². The Morgan fingerprint density at radius 3 is 1.81 bits per heavy atom. The van der Waals surface area contributed by atoms with Crippen LogP contribution in [-0.2, 0) is 14.3 Å². The summed E-state index contributed by atoms with van der Waals surface area (Å²) >= 11 is 0. The summed E-state index contributed by atoms with van der Waals surface area (Å²) in [6.45, 7) is 22.9. The zero-order valence-electron chi connectivity index (χ0n) is 24.2. The van der Waals surface area contributed by atoms with Crippen molar-refractivity contribution < 1.29 is 12.8 Å². The fourth-order valence-corrected chi connectivity index (χ4v) is 7.05. The zero-order valence-corrected chi connectivity index (χ0v) is 26.1. The lowest BCUT2D eigenvalue weighted by Gasteiger charge is -2.39. The average molecular weight is 536 g/mol. The Balaban J connectivity index is 2.72. The van der Waals surface area contributed by atoms with Gasteiger partial charge in [-0.05, 0) is 43.6 Å². The molecule has 36 heavy (non-hydrogen) atoms. The van der Waals surface area contributed by atoms with Gasteiger partial charge in [0.05, 0.1) is 17.4 Å². The smallest absolute Gasteiger partial charge is 0.327 e. The van der Waals surface area contributed by atoms with Crippen molar-refractivity contribution in [3.8, 4) is 0 Å². The van der Waals surface area contributed by atoms with Crippen LogP contribution in [0.25, 0.3) is 4.85 Å². The number of hydrogen-bond acceptors (Lipinski definition) is 3. The lowest BCUT2D eigenvalue weighted by atomic mass is 10.0. The molecule has 1 aromatic rings. The molecular weight excluding hydrogens is 482 g/mol. The van der Waals surface area contributed by atoms with Crippen LogP contribution >= 0.6 is 0 Å². The molecule has 1 rings (SSSR count). The lowest BCUT2D eigenvalue weighted by Crippen LogP contribution is -2.44. The van der Waals surface area contributed by atoms with Gasteiger partial charge in [-0.2, -0.15) is 0 Å². The van der Waals surface area contributed by atoms with Crippen LogP contribution in [0.15, 0.2) is 29.2 Å². The third-order valence-electron chi connectivity index (χ3n) is 7.71. The number of nitrogens with zero attached hydrogens (tertiary/aromatic N) is 1. The number of unbranched alkanes of at least 4 members (excludes halogenated alkanes) is 10. The van der Waals surface area contributed by atoms with E-state index in [0.29, 0.717) is 0 Å². The summed E-state index contributed by atoms with van der Waals surface area (Å²) in [5, 5.41) is -1.08. The van der Waals surface area contributed by atoms with Gasteiger partial charge in [0.15, 0.2) is 8.32 Å². The molecule has 0 heterocycles. The van der Waals surface area contributed by atoms with Crippen LogP contribution < -0.4 is 0 Å². The number of rotatable bonds is 18. The molecule has 0 radical (unpaired) electrons. The second kappa shape index (κ2) is 15.9. The molecule has 0 aromatic heterocycles. The molecule has 6 heteroatoms. The van der Waals surface area contributed by atoms with Crippen molar-refractivity contribution in [2.75, 3.05) is 0 Å². The standard InChI is InChI=1S/C30H53NO3SSi/c1-9-10-11-12-13-14-15-16-17-18-19-20-27(34-36(7,8)30(3,4)5)25-29(31-6)35(32,33)28-23-21-26(2)22-24-28/h21-24,27,29H,9-20,25H2,1-5,7-8H3/t27-,29?/m0/s1. The second-order valence-corrected chi connectivity index (χ2v) is 18.9. The summed E-state index contributed by atoms with van der Waals surface area (Å²) in [6.07, 6.45) is 14.9. The van der Waals surface area contributed by atoms with E-state index in [9.17, 15) is 8.42 Å². The number of sulfone groups is 1. The summed E-state index contributed by atoms with van der Waals surface area (Å²) in [6, 6.07) is 6.83. The molecule has 0 fully saturated rings. The Bertz CT molecular complexity index is 882. The molecule has 0 N–H and O–H groups in total. The Morgan fingerprint density at radius 1 is 0.889 bits per heavy atom. The highest BCUT2D eigenvalue weighted by Gasteiger charge is 2.42. The van der Waals surface area contributed by atoms with Crippen molar-refractivity contribution in [2.45, 2.75) is 153 Å². The van der Waals surface area contributed by atoms with Crippen molar-refractivity contribution in [3.05, 3.63) is 41.2 Å². The highest BCUT2D eigenvalue weighted by Crippen LogP contribution is 2.39. The predicted molar refractivity (Wildman–Crippen MR) is 157 cm³/mol. The van der Waals surface area contributed by atoms with Gasteiger partial charge >= 0.3 is 5.37 Å². The maximum absolute atomic E-state index is 13.3.